The molecular formula is C15H13N2O2S. The molecule has 4 nitrogen and oxygen atoms in total. The van der Waals surface area contributed by atoms with E-state index in [9.17, 15) is 8.42 Å². The van der Waals surface area contributed by atoms with Crippen molar-refractivity contribution >= 4 is 26.6 Å². The molecule has 0 aliphatic carbocycles. The molecule has 5 heteroatoms. The van der Waals surface area contributed by atoms with Crippen molar-refractivity contribution in [3.8, 4) is 5.69 Å². The molecule has 3 aromatic rings. The van der Waals surface area contributed by atoms with Crippen LogP contribution in [0.5, 0.6) is 0 Å². The molecule has 1 radical (unpaired) electrons. The van der Waals surface area contributed by atoms with Crippen LogP contribution in [-0.2, 0) is 10.0 Å². The first kappa shape index (κ1) is 12.7. The van der Waals surface area contributed by atoms with Crippen LogP contribution in [0.1, 0.15) is 0 Å². The summed E-state index contributed by atoms with van der Waals surface area (Å²) in [6, 6.07) is 18.1. The fourth-order valence-corrected chi connectivity index (χ4v) is 2.74. The summed E-state index contributed by atoms with van der Waals surface area (Å²) in [7, 11) is -3.27. The molecule has 101 valence electrons. The number of nitrogens with zero attached hydrogens (tertiary/aromatic N) is 1. The molecule has 0 saturated carbocycles. The predicted octanol–water partition coefficient (Wildman–Crippen LogP) is 2.80. The number of hydrogen-bond acceptors (Lipinski definition) is 2. The van der Waals surface area contributed by atoms with Crippen molar-refractivity contribution in [1.29, 1.82) is 0 Å². The van der Waals surface area contributed by atoms with Gasteiger partial charge in [0.25, 0.3) is 0 Å². The Morgan fingerprint density at radius 3 is 2.85 bits per heavy atom. The summed E-state index contributed by atoms with van der Waals surface area (Å²) < 4.78 is 27.1. The first-order valence-electron chi connectivity index (χ1n) is 6.08. The van der Waals surface area contributed by atoms with E-state index < -0.39 is 10.0 Å². The summed E-state index contributed by atoms with van der Waals surface area (Å²) >= 11 is 0. The van der Waals surface area contributed by atoms with Gasteiger partial charge < -0.3 is 4.57 Å². The molecule has 0 bridgehead atoms. The SMILES string of the molecule is CS(=O)(=O)Nc1cccc(-n2ccc3c[c]ccc32)c1. The van der Waals surface area contributed by atoms with Gasteiger partial charge in [0, 0.05) is 17.3 Å². The molecule has 0 aliphatic rings. The van der Waals surface area contributed by atoms with Crippen LogP contribution in [0, 0.1) is 6.07 Å². The summed E-state index contributed by atoms with van der Waals surface area (Å²) in [4.78, 5) is 0. The van der Waals surface area contributed by atoms with Crippen molar-refractivity contribution in [3.63, 3.8) is 0 Å². The van der Waals surface area contributed by atoms with Crippen LogP contribution in [-0.4, -0.2) is 19.2 Å². The van der Waals surface area contributed by atoms with E-state index in [1.807, 2.05) is 47.2 Å². The Morgan fingerprint density at radius 1 is 1.20 bits per heavy atom. The normalized spacial score (nSPS) is 11.7. The van der Waals surface area contributed by atoms with Gasteiger partial charge in [0.05, 0.1) is 17.5 Å². The average molecular weight is 285 g/mol. The third-order valence-corrected chi connectivity index (χ3v) is 3.57. The molecule has 0 aliphatic heterocycles. The quantitative estimate of drug-likeness (QED) is 0.804. The summed E-state index contributed by atoms with van der Waals surface area (Å²) in [6.45, 7) is 0. The minimum Gasteiger partial charge on any atom is -0.316 e. The minimum atomic E-state index is -3.27. The largest absolute Gasteiger partial charge is 0.316 e. The number of benzene rings is 2. The van der Waals surface area contributed by atoms with Crippen molar-refractivity contribution < 1.29 is 8.42 Å². The summed E-state index contributed by atoms with van der Waals surface area (Å²) in [5.41, 5.74) is 2.51. The van der Waals surface area contributed by atoms with Gasteiger partial charge in [-0.15, -0.1) is 0 Å². The molecule has 0 amide bonds. The van der Waals surface area contributed by atoms with Gasteiger partial charge in [-0.25, -0.2) is 8.42 Å². The van der Waals surface area contributed by atoms with Crippen molar-refractivity contribution in [1.82, 2.24) is 4.57 Å². The number of aromatic nitrogens is 1. The fraction of sp³-hybridized carbons (Fsp3) is 0.0667. The van der Waals surface area contributed by atoms with Gasteiger partial charge >= 0.3 is 0 Å². The number of hydrogen-bond donors (Lipinski definition) is 1. The van der Waals surface area contributed by atoms with Crippen molar-refractivity contribution in [3.05, 3.63) is 60.8 Å². The number of rotatable bonds is 3. The average Bonchev–Trinajstić information content (AvgIpc) is 2.81. The topological polar surface area (TPSA) is 51.1 Å². The zero-order chi connectivity index (χ0) is 14.2. The van der Waals surface area contributed by atoms with E-state index in [1.54, 1.807) is 12.1 Å². The van der Waals surface area contributed by atoms with Gasteiger partial charge in [0.1, 0.15) is 0 Å². The second kappa shape index (κ2) is 4.68. The molecule has 1 aromatic heterocycles. The number of anilines is 1. The highest BCUT2D eigenvalue weighted by Gasteiger charge is 2.05. The number of fused-ring (bicyclic) bond motifs is 1. The Balaban J connectivity index is 2.08. The van der Waals surface area contributed by atoms with Gasteiger partial charge in [-0.2, -0.15) is 0 Å². The van der Waals surface area contributed by atoms with E-state index in [2.05, 4.69) is 10.8 Å². The fourth-order valence-electron chi connectivity index (χ4n) is 2.18. The molecule has 2 aromatic carbocycles. The van der Waals surface area contributed by atoms with E-state index in [0.29, 0.717) is 5.69 Å². The van der Waals surface area contributed by atoms with Crippen LogP contribution < -0.4 is 4.72 Å². The van der Waals surface area contributed by atoms with E-state index in [-0.39, 0.29) is 0 Å². The standard InChI is InChI=1S/C15H13N2O2S/c1-20(18,19)16-13-6-4-7-14(11-13)17-10-9-12-5-2-3-8-15(12)17/h3-11,16H,1H3. The Morgan fingerprint density at radius 2 is 2.05 bits per heavy atom. The van der Waals surface area contributed by atoms with Gasteiger partial charge in [-0.3, -0.25) is 4.72 Å². The molecule has 1 N–H and O–H groups in total. The molecule has 0 unspecified atom stereocenters. The molecule has 20 heavy (non-hydrogen) atoms. The maximum Gasteiger partial charge on any atom is 0.229 e. The summed E-state index contributed by atoms with van der Waals surface area (Å²) in [5.74, 6) is 0. The second-order valence-corrected chi connectivity index (χ2v) is 6.34. The first-order valence-corrected chi connectivity index (χ1v) is 7.97. The Bertz CT molecular complexity index is 866. The minimum absolute atomic E-state index is 0.550. The maximum atomic E-state index is 11.3. The van der Waals surface area contributed by atoms with E-state index in [1.165, 1.54) is 0 Å². The van der Waals surface area contributed by atoms with Crippen molar-refractivity contribution in [2.75, 3.05) is 11.0 Å². The monoisotopic (exact) mass is 285 g/mol. The van der Waals surface area contributed by atoms with Crippen molar-refractivity contribution in [2.45, 2.75) is 0 Å². The molecule has 0 saturated heterocycles. The smallest absolute Gasteiger partial charge is 0.229 e. The van der Waals surface area contributed by atoms with E-state index in [0.717, 1.165) is 22.8 Å². The van der Waals surface area contributed by atoms with Gasteiger partial charge in [0.2, 0.25) is 10.0 Å². The Labute approximate surface area is 117 Å². The lowest BCUT2D eigenvalue weighted by Crippen LogP contribution is -2.09. The van der Waals surface area contributed by atoms with Crippen LogP contribution in [0.3, 0.4) is 0 Å². The van der Waals surface area contributed by atoms with E-state index >= 15 is 0 Å². The Hall–Kier alpha value is -2.27. The molecule has 0 atom stereocenters. The van der Waals surface area contributed by atoms with Crippen LogP contribution in [0.25, 0.3) is 16.6 Å². The highest BCUT2D eigenvalue weighted by atomic mass is 32.2. The lowest BCUT2D eigenvalue weighted by Gasteiger charge is -2.09. The third-order valence-electron chi connectivity index (χ3n) is 2.96. The predicted molar refractivity (Wildman–Crippen MR) is 80.6 cm³/mol. The van der Waals surface area contributed by atoms with Crippen LogP contribution >= 0.6 is 0 Å². The molecule has 0 fully saturated rings. The molecule has 1 heterocycles. The third kappa shape index (κ3) is 2.53. The highest BCUT2D eigenvalue weighted by Crippen LogP contribution is 2.22. The van der Waals surface area contributed by atoms with Crippen LogP contribution in [0.2, 0.25) is 0 Å². The van der Waals surface area contributed by atoms with Gasteiger partial charge in [0.15, 0.2) is 0 Å². The van der Waals surface area contributed by atoms with Crippen LogP contribution in [0.4, 0.5) is 5.69 Å². The maximum absolute atomic E-state index is 11.3. The number of sulfonamides is 1. The van der Waals surface area contributed by atoms with E-state index in [4.69, 9.17) is 0 Å². The summed E-state index contributed by atoms with van der Waals surface area (Å²) in [6.07, 6.45) is 3.10. The Kier molecular flexibility index (Phi) is 2.99. The number of nitrogens with one attached hydrogen (secondary N) is 1. The first-order chi connectivity index (χ1) is 9.53. The highest BCUT2D eigenvalue weighted by molar-refractivity contribution is 7.92. The lowest BCUT2D eigenvalue weighted by molar-refractivity contribution is 0.607. The zero-order valence-electron chi connectivity index (χ0n) is 10.9. The van der Waals surface area contributed by atoms with Crippen molar-refractivity contribution in [2.24, 2.45) is 0 Å². The zero-order valence-corrected chi connectivity index (χ0v) is 11.7. The molecule has 0 spiro atoms. The van der Waals surface area contributed by atoms with Gasteiger partial charge in [-0.1, -0.05) is 12.1 Å². The summed E-state index contributed by atoms with van der Waals surface area (Å²) in [5, 5.41) is 1.09. The molecule has 3 rings (SSSR count). The lowest BCUT2D eigenvalue weighted by atomic mass is 10.2. The molecular weight excluding hydrogens is 272 g/mol. The van der Waals surface area contributed by atoms with Gasteiger partial charge in [-0.05, 0) is 42.5 Å². The van der Waals surface area contributed by atoms with Crippen LogP contribution in [0.15, 0.2) is 54.7 Å². The second-order valence-electron chi connectivity index (χ2n) is 4.60.